The average Bonchev–Trinajstić information content (AvgIpc) is 2.26. The summed E-state index contributed by atoms with van der Waals surface area (Å²) in [7, 11) is 1.68. The fourth-order valence-electron chi connectivity index (χ4n) is 2.30. The van der Waals surface area contributed by atoms with Crippen molar-refractivity contribution < 1.29 is 14.7 Å². The number of hydrogen-bond donors (Lipinski definition) is 2. The van der Waals surface area contributed by atoms with Crippen LogP contribution < -0.4 is 10.2 Å². The predicted octanol–water partition coefficient (Wildman–Crippen LogP) is 1.54. The molecule has 0 radical (unpaired) electrons. The predicted molar refractivity (Wildman–Crippen MR) is 69.0 cm³/mol. The van der Waals surface area contributed by atoms with Gasteiger partial charge in [0, 0.05) is 7.05 Å². The summed E-state index contributed by atoms with van der Waals surface area (Å²) in [5.41, 5.74) is 3.73. The van der Waals surface area contributed by atoms with Crippen LogP contribution in [-0.4, -0.2) is 30.1 Å². The number of amides is 1. The number of rotatable bonds is 2. The number of fused-ring (bicyclic) bond motifs is 1. The number of nitrogens with zero attached hydrogens (tertiary/aromatic N) is 1. The molecule has 0 aromatic heterocycles. The van der Waals surface area contributed by atoms with E-state index in [1.54, 1.807) is 7.05 Å². The molecule has 2 N–H and O–H groups in total. The second-order valence-corrected chi connectivity index (χ2v) is 4.67. The van der Waals surface area contributed by atoms with E-state index < -0.39 is 12.0 Å². The Kier molecular flexibility index (Phi) is 2.98. The first-order valence-corrected chi connectivity index (χ1v) is 5.77. The third-order valence-corrected chi connectivity index (χ3v) is 3.15. The van der Waals surface area contributed by atoms with E-state index in [9.17, 15) is 9.59 Å². The Morgan fingerprint density at radius 3 is 2.72 bits per heavy atom. The van der Waals surface area contributed by atoms with Crippen LogP contribution in [0.4, 0.5) is 11.4 Å². The number of carbonyl (C=O) groups excluding carboxylic acids is 1. The van der Waals surface area contributed by atoms with Crippen LogP contribution in [0.5, 0.6) is 0 Å². The molecule has 96 valence electrons. The molecule has 1 aliphatic heterocycles. The summed E-state index contributed by atoms with van der Waals surface area (Å²) in [5.74, 6) is -1.20. The number of hydrogen-bond acceptors (Lipinski definition) is 3. The Bertz CT molecular complexity index is 525. The van der Waals surface area contributed by atoms with Crippen molar-refractivity contribution in [1.82, 2.24) is 0 Å². The SMILES string of the molecule is Cc1cc(C)c2c(c1)N(C)C(=O)C(CC(=O)O)N2. The molecule has 0 spiro atoms. The number of anilines is 2. The average molecular weight is 248 g/mol. The van der Waals surface area contributed by atoms with Crippen molar-refractivity contribution in [2.24, 2.45) is 0 Å². The number of carboxylic acid groups (broad SMARTS) is 1. The van der Waals surface area contributed by atoms with Gasteiger partial charge in [0.1, 0.15) is 6.04 Å². The number of aryl methyl sites for hydroxylation is 2. The van der Waals surface area contributed by atoms with E-state index in [1.165, 1.54) is 4.90 Å². The summed E-state index contributed by atoms with van der Waals surface area (Å²) in [6.45, 7) is 3.91. The molecule has 1 unspecified atom stereocenters. The van der Waals surface area contributed by atoms with E-state index in [2.05, 4.69) is 5.32 Å². The van der Waals surface area contributed by atoms with Crippen LogP contribution in [0.3, 0.4) is 0 Å². The number of carbonyl (C=O) groups is 2. The van der Waals surface area contributed by atoms with Gasteiger partial charge < -0.3 is 15.3 Å². The summed E-state index contributed by atoms with van der Waals surface area (Å²) >= 11 is 0. The van der Waals surface area contributed by atoms with Crippen LogP contribution in [-0.2, 0) is 9.59 Å². The third kappa shape index (κ3) is 2.03. The van der Waals surface area contributed by atoms with Gasteiger partial charge in [-0.25, -0.2) is 0 Å². The lowest BCUT2D eigenvalue weighted by atomic mass is 10.0. The van der Waals surface area contributed by atoms with E-state index in [0.29, 0.717) is 0 Å². The topological polar surface area (TPSA) is 69.6 Å². The zero-order chi connectivity index (χ0) is 13.4. The highest BCUT2D eigenvalue weighted by atomic mass is 16.4. The number of nitrogens with one attached hydrogen (secondary N) is 1. The van der Waals surface area contributed by atoms with E-state index in [1.807, 2.05) is 26.0 Å². The Morgan fingerprint density at radius 2 is 2.11 bits per heavy atom. The summed E-state index contributed by atoms with van der Waals surface area (Å²) in [6.07, 6.45) is -0.212. The molecule has 0 bridgehead atoms. The minimum atomic E-state index is -0.984. The highest BCUT2D eigenvalue weighted by molar-refractivity contribution is 6.06. The maximum atomic E-state index is 12.0. The summed E-state index contributed by atoms with van der Waals surface area (Å²) < 4.78 is 0. The first-order valence-electron chi connectivity index (χ1n) is 5.77. The number of benzene rings is 1. The van der Waals surface area contributed by atoms with E-state index >= 15 is 0 Å². The van der Waals surface area contributed by atoms with E-state index in [4.69, 9.17) is 5.11 Å². The number of carboxylic acids is 1. The number of likely N-dealkylation sites (N-methyl/N-ethyl adjacent to an activating group) is 1. The van der Waals surface area contributed by atoms with Crippen LogP contribution >= 0.6 is 0 Å². The third-order valence-electron chi connectivity index (χ3n) is 3.15. The molecule has 0 saturated carbocycles. The smallest absolute Gasteiger partial charge is 0.305 e. The zero-order valence-electron chi connectivity index (χ0n) is 10.7. The lowest BCUT2D eigenvalue weighted by Crippen LogP contribution is -2.46. The lowest BCUT2D eigenvalue weighted by molar-refractivity contribution is -0.138. The first kappa shape index (κ1) is 12.4. The second-order valence-electron chi connectivity index (χ2n) is 4.67. The van der Waals surface area contributed by atoms with Crippen molar-refractivity contribution in [1.29, 1.82) is 0 Å². The van der Waals surface area contributed by atoms with Gasteiger partial charge in [-0.05, 0) is 31.0 Å². The molecule has 0 fully saturated rings. The molecule has 1 aromatic carbocycles. The van der Waals surface area contributed by atoms with Crippen LogP contribution in [0.25, 0.3) is 0 Å². The standard InChI is InChI=1S/C13H16N2O3/c1-7-4-8(2)12-10(5-7)15(3)13(18)9(14-12)6-11(16)17/h4-5,9,14H,6H2,1-3H3,(H,16,17). The number of aliphatic carboxylic acids is 1. The van der Waals surface area contributed by atoms with Gasteiger partial charge in [0.2, 0.25) is 5.91 Å². The van der Waals surface area contributed by atoms with Crippen molar-refractivity contribution in [3.8, 4) is 0 Å². The monoisotopic (exact) mass is 248 g/mol. The second kappa shape index (κ2) is 4.33. The Morgan fingerprint density at radius 1 is 1.44 bits per heavy atom. The Balaban J connectivity index is 2.44. The molecular weight excluding hydrogens is 232 g/mol. The van der Waals surface area contributed by atoms with Gasteiger partial charge in [-0.2, -0.15) is 0 Å². The van der Waals surface area contributed by atoms with Gasteiger partial charge >= 0.3 is 5.97 Å². The highest BCUT2D eigenvalue weighted by Crippen LogP contribution is 2.35. The molecule has 0 aliphatic carbocycles. The van der Waals surface area contributed by atoms with Crippen molar-refractivity contribution in [2.45, 2.75) is 26.3 Å². The molecule has 5 heteroatoms. The minimum absolute atomic E-state index is 0.212. The van der Waals surface area contributed by atoms with Gasteiger partial charge in [0.05, 0.1) is 17.8 Å². The lowest BCUT2D eigenvalue weighted by Gasteiger charge is -2.33. The Labute approximate surface area is 105 Å². The van der Waals surface area contributed by atoms with Crippen LogP contribution in [0, 0.1) is 13.8 Å². The summed E-state index contributed by atoms with van der Waals surface area (Å²) in [5, 5.41) is 11.9. The molecule has 1 amide bonds. The molecule has 18 heavy (non-hydrogen) atoms. The van der Waals surface area contributed by atoms with Crippen LogP contribution in [0.1, 0.15) is 17.5 Å². The minimum Gasteiger partial charge on any atom is -0.481 e. The maximum Gasteiger partial charge on any atom is 0.305 e. The van der Waals surface area contributed by atoms with Crippen LogP contribution in [0.15, 0.2) is 12.1 Å². The zero-order valence-corrected chi connectivity index (χ0v) is 10.7. The molecule has 1 atom stereocenters. The normalized spacial score (nSPS) is 18.3. The molecule has 1 aromatic rings. The van der Waals surface area contributed by atoms with Gasteiger partial charge in [0.15, 0.2) is 0 Å². The first-order chi connectivity index (χ1) is 8.40. The molecular formula is C13H16N2O3. The fraction of sp³-hybridized carbons (Fsp3) is 0.385. The van der Waals surface area contributed by atoms with Crippen LogP contribution in [0.2, 0.25) is 0 Å². The van der Waals surface area contributed by atoms with Gasteiger partial charge in [-0.1, -0.05) is 6.07 Å². The maximum absolute atomic E-state index is 12.0. The summed E-state index contributed by atoms with van der Waals surface area (Å²) in [6, 6.07) is 3.23. The summed E-state index contributed by atoms with van der Waals surface area (Å²) in [4.78, 5) is 24.3. The largest absolute Gasteiger partial charge is 0.481 e. The van der Waals surface area contributed by atoms with Crippen molar-refractivity contribution in [3.05, 3.63) is 23.3 Å². The quantitative estimate of drug-likeness (QED) is 0.832. The molecule has 2 rings (SSSR count). The van der Waals surface area contributed by atoms with E-state index in [0.717, 1.165) is 22.5 Å². The fourth-order valence-corrected chi connectivity index (χ4v) is 2.30. The van der Waals surface area contributed by atoms with Gasteiger partial charge in [-0.3, -0.25) is 9.59 Å². The molecule has 5 nitrogen and oxygen atoms in total. The molecule has 0 saturated heterocycles. The van der Waals surface area contributed by atoms with Gasteiger partial charge in [0.25, 0.3) is 0 Å². The van der Waals surface area contributed by atoms with E-state index in [-0.39, 0.29) is 12.3 Å². The Hall–Kier alpha value is -2.04. The highest BCUT2D eigenvalue weighted by Gasteiger charge is 2.32. The van der Waals surface area contributed by atoms with Gasteiger partial charge in [-0.15, -0.1) is 0 Å². The van der Waals surface area contributed by atoms with Crippen molar-refractivity contribution in [3.63, 3.8) is 0 Å². The molecule has 1 aliphatic rings. The van der Waals surface area contributed by atoms with Crippen molar-refractivity contribution in [2.75, 3.05) is 17.3 Å². The van der Waals surface area contributed by atoms with Crippen molar-refractivity contribution >= 4 is 23.3 Å². The molecule has 1 heterocycles.